The van der Waals surface area contributed by atoms with Crippen LogP contribution in [-0.2, 0) is 20.0 Å². The molecule has 6 nitrogen and oxygen atoms in total. The molecule has 0 fully saturated rings. The smallest absolute Gasteiger partial charge is 0.403 e. The highest BCUT2D eigenvalue weighted by atomic mass is 19.4. The van der Waals surface area contributed by atoms with Crippen LogP contribution in [0.3, 0.4) is 0 Å². The summed E-state index contributed by atoms with van der Waals surface area (Å²) in [7, 11) is 0. The fraction of sp³-hybridized carbons (Fsp3) is 0.174. The number of aromatic nitrogens is 3. The molecule has 11 heteroatoms. The molecular weight excluding hydrogens is 459 g/mol. The van der Waals surface area contributed by atoms with Gasteiger partial charge in [0, 0.05) is 28.2 Å². The zero-order valence-electron chi connectivity index (χ0n) is 21.8. The van der Waals surface area contributed by atoms with Crippen molar-refractivity contribution in [1.82, 2.24) is 19.7 Å². The first-order valence-corrected chi connectivity index (χ1v) is 9.62. The number of hydrogen-bond donors (Lipinski definition) is 0. The summed E-state index contributed by atoms with van der Waals surface area (Å²) in [5.74, 6) is -4.05. The maximum Gasteiger partial charge on any atom is 0.573 e. The van der Waals surface area contributed by atoms with Crippen molar-refractivity contribution in [2.75, 3.05) is 0 Å². The molecule has 1 amide bonds. The molecule has 3 heterocycles. The topological polar surface area (TPSA) is 60.3 Å². The van der Waals surface area contributed by atoms with Gasteiger partial charge in [0.25, 0.3) is 5.91 Å². The number of ether oxygens (including phenoxy) is 1. The number of halogens is 5. The van der Waals surface area contributed by atoms with E-state index in [-0.39, 0.29) is 27.8 Å². The van der Waals surface area contributed by atoms with Gasteiger partial charge in [-0.1, -0.05) is 0 Å². The van der Waals surface area contributed by atoms with Crippen LogP contribution in [0.15, 0.2) is 48.8 Å². The molecule has 2 aromatic carbocycles. The number of amides is 1. The summed E-state index contributed by atoms with van der Waals surface area (Å²) in [6.07, 6.45) is -2.94. The first-order valence-electron chi connectivity index (χ1n) is 12.1. The molecule has 0 saturated heterocycles. The third-order valence-electron chi connectivity index (χ3n) is 5.21. The van der Waals surface area contributed by atoms with E-state index in [0.29, 0.717) is 9.58 Å². The van der Waals surface area contributed by atoms with Crippen LogP contribution >= 0.6 is 0 Å². The number of carbonyl (C=O) groups excluding carboxylic acids is 1. The molecule has 0 N–H and O–H groups in total. The van der Waals surface area contributed by atoms with Crippen LogP contribution in [-0.4, -0.2) is 31.9 Å². The Morgan fingerprint density at radius 1 is 1.18 bits per heavy atom. The lowest BCUT2D eigenvalue weighted by atomic mass is 9.99. The highest BCUT2D eigenvalue weighted by Gasteiger charge is 2.33. The van der Waals surface area contributed by atoms with E-state index < -0.39 is 60.8 Å². The van der Waals surface area contributed by atoms with Gasteiger partial charge in [0.15, 0.2) is 5.75 Å². The summed E-state index contributed by atoms with van der Waals surface area (Å²) in [5, 5.41) is 3.46. The number of alkyl halides is 3. The van der Waals surface area contributed by atoms with Gasteiger partial charge in [0.2, 0.25) is 0 Å². The van der Waals surface area contributed by atoms with Gasteiger partial charge >= 0.3 is 6.36 Å². The molecule has 0 radical (unpaired) electrons. The van der Waals surface area contributed by atoms with E-state index in [9.17, 15) is 18.0 Å². The van der Waals surface area contributed by atoms with Crippen molar-refractivity contribution in [3.05, 3.63) is 77.2 Å². The fourth-order valence-corrected chi connectivity index (χ4v) is 3.74. The Hall–Kier alpha value is -4.02. The third-order valence-corrected chi connectivity index (χ3v) is 5.21. The quantitative estimate of drug-likeness (QED) is 0.388. The van der Waals surface area contributed by atoms with Gasteiger partial charge in [-0.2, -0.15) is 5.10 Å². The molecular formula is C23H15F5N4O2. The van der Waals surface area contributed by atoms with E-state index in [1.807, 2.05) is 0 Å². The Balaban J connectivity index is 1.58. The molecule has 0 unspecified atom stereocenters. The second kappa shape index (κ2) is 7.79. The first kappa shape index (κ1) is 16.6. The van der Waals surface area contributed by atoms with Gasteiger partial charge in [0.1, 0.15) is 17.2 Å². The van der Waals surface area contributed by atoms with Crippen LogP contribution in [0.1, 0.15) is 28.5 Å². The summed E-state index contributed by atoms with van der Waals surface area (Å²) in [5.41, 5.74) is -1.69. The summed E-state index contributed by atoms with van der Waals surface area (Å²) < 4.78 is 113. The number of aryl methyl sites for hydroxylation is 1. The molecule has 2 aromatic heterocycles. The predicted molar refractivity (Wildman–Crippen MR) is 111 cm³/mol. The van der Waals surface area contributed by atoms with Crippen molar-refractivity contribution in [2.45, 2.75) is 19.4 Å². The molecule has 0 saturated carbocycles. The van der Waals surface area contributed by atoms with Crippen LogP contribution < -0.4 is 4.74 Å². The van der Waals surface area contributed by atoms with Crippen LogP contribution in [0.25, 0.3) is 22.0 Å². The second-order valence-corrected chi connectivity index (χ2v) is 7.30. The highest BCUT2D eigenvalue weighted by molar-refractivity contribution is 5.98. The lowest BCUT2D eigenvalue weighted by Crippen LogP contribution is -2.24. The predicted octanol–water partition coefficient (Wildman–Crippen LogP) is 4.97. The Morgan fingerprint density at radius 3 is 2.62 bits per heavy atom. The molecule has 0 aliphatic carbocycles. The number of benzene rings is 2. The third kappa shape index (κ3) is 3.72. The Bertz CT molecular complexity index is 1610. The zero-order chi connectivity index (χ0) is 28.5. The van der Waals surface area contributed by atoms with Crippen molar-refractivity contribution >= 4 is 16.8 Å². The van der Waals surface area contributed by atoms with E-state index in [4.69, 9.17) is 6.85 Å². The molecule has 174 valence electrons. The Kier molecular flexibility index (Phi) is 3.79. The maximum atomic E-state index is 15.3. The number of hydrogen-bond acceptors (Lipinski definition) is 4. The van der Waals surface area contributed by atoms with Gasteiger partial charge in [0.05, 0.1) is 33.2 Å². The van der Waals surface area contributed by atoms with Gasteiger partial charge in [-0.15, -0.1) is 13.2 Å². The van der Waals surface area contributed by atoms with Gasteiger partial charge in [-0.25, -0.2) is 8.78 Å². The molecule has 5 rings (SSSR count). The van der Waals surface area contributed by atoms with E-state index in [1.54, 1.807) is 0 Å². The number of rotatable bonds is 4. The fourth-order valence-electron chi connectivity index (χ4n) is 3.74. The van der Waals surface area contributed by atoms with E-state index >= 15 is 8.78 Å². The van der Waals surface area contributed by atoms with E-state index in [1.165, 1.54) is 18.3 Å². The molecule has 4 aromatic rings. The number of pyridine rings is 1. The zero-order valence-corrected chi connectivity index (χ0v) is 16.8. The standard InChI is InChI=1S/C23H15F5N4O2/c1-31-21-15(9-30-31)13(4-5-20(21)34-23(26,27)28)12-7-17(24)16(18(25)8-12)10-32-11-19-14(22(32)33)3-2-6-29-19/h2-9H,10-11H2,1H3/i1D3,11D2. The van der Waals surface area contributed by atoms with Crippen molar-refractivity contribution in [1.29, 1.82) is 0 Å². The molecule has 0 atom stereocenters. The lowest BCUT2D eigenvalue weighted by Gasteiger charge is -2.17. The van der Waals surface area contributed by atoms with Crippen molar-refractivity contribution < 1.29 is 38.3 Å². The Labute approximate surface area is 196 Å². The minimum Gasteiger partial charge on any atom is -0.403 e. The van der Waals surface area contributed by atoms with E-state index in [0.717, 1.165) is 30.5 Å². The number of carbonyl (C=O) groups is 1. The first-order chi connectivity index (χ1) is 18.1. The summed E-state index contributed by atoms with van der Waals surface area (Å²) in [6, 6.07) is 6.31. The molecule has 34 heavy (non-hydrogen) atoms. The van der Waals surface area contributed by atoms with Crippen LogP contribution in [0.5, 0.6) is 5.75 Å². The van der Waals surface area contributed by atoms with Crippen molar-refractivity contribution in [3.8, 4) is 16.9 Å². The molecule has 0 bridgehead atoms. The number of fused-ring (bicyclic) bond motifs is 2. The minimum atomic E-state index is -5.16. The van der Waals surface area contributed by atoms with E-state index in [2.05, 4.69) is 14.8 Å². The summed E-state index contributed by atoms with van der Waals surface area (Å²) in [6.45, 7) is -6.24. The normalized spacial score (nSPS) is 17.6. The molecule has 1 aliphatic heterocycles. The van der Waals surface area contributed by atoms with Crippen LogP contribution in [0.4, 0.5) is 22.0 Å². The Morgan fingerprint density at radius 2 is 1.94 bits per heavy atom. The average molecular weight is 479 g/mol. The SMILES string of the molecule is [2H]C1([2H])c2ncccc2C(=O)N1Cc1c(F)cc(-c2ccc(OC(F)(F)F)c3c2cnn3C([2H])([2H])[2H])cc1F. The monoisotopic (exact) mass is 479 g/mol. The average Bonchev–Trinajstić information content (AvgIpc) is 3.35. The number of nitrogens with zero attached hydrogens (tertiary/aromatic N) is 4. The lowest BCUT2D eigenvalue weighted by molar-refractivity contribution is -0.274. The van der Waals surface area contributed by atoms with Crippen LogP contribution in [0.2, 0.25) is 0 Å². The molecule has 1 aliphatic rings. The summed E-state index contributed by atoms with van der Waals surface area (Å²) in [4.78, 5) is 17.3. The summed E-state index contributed by atoms with van der Waals surface area (Å²) >= 11 is 0. The minimum absolute atomic E-state index is 0.0465. The largest absolute Gasteiger partial charge is 0.573 e. The highest BCUT2D eigenvalue weighted by Crippen LogP contribution is 2.37. The second-order valence-electron chi connectivity index (χ2n) is 7.30. The molecule has 0 spiro atoms. The van der Waals surface area contributed by atoms with Gasteiger partial charge in [-0.3, -0.25) is 14.5 Å². The van der Waals surface area contributed by atoms with Gasteiger partial charge < -0.3 is 9.64 Å². The van der Waals surface area contributed by atoms with Gasteiger partial charge in [-0.05, 0) is 47.5 Å². The maximum absolute atomic E-state index is 15.3. The van der Waals surface area contributed by atoms with Crippen molar-refractivity contribution in [2.24, 2.45) is 6.98 Å². The van der Waals surface area contributed by atoms with Crippen LogP contribution in [0, 0.1) is 11.6 Å². The van der Waals surface area contributed by atoms with Crippen molar-refractivity contribution in [3.63, 3.8) is 0 Å².